The number of aromatic nitrogens is 2. The van der Waals surface area contributed by atoms with Gasteiger partial charge in [0.15, 0.2) is 5.82 Å². The Hall–Kier alpha value is -1.13. The van der Waals surface area contributed by atoms with Crippen molar-refractivity contribution in [1.29, 1.82) is 0 Å². The predicted octanol–water partition coefficient (Wildman–Crippen LogP) is 3.08. The fourth-order valence-corrected chi connectivity index (χ4v) is 2.66. The van der Waals surface area contributed by atoms with E-state index in [2.05, 4.69) is 21.4 Å². The number of para-hydroxylation sites is 1. The number of halogens is 2. The van der Waals surface area contributed by atoms with Crippen molar-refractivity contribution in [3.05, 3.63) is 29.8 Å². The van der Waals surface area contributed by atoms with E-state index < -0.39 is 0 Å². The average Bonchev–Trinajstić information content (AvgIpc) is 2.68. The lowest BCUT2D eigenvalue weighted by Crippen LogP contribution is -2.23. The lowest BCUT2D eigenvalue weighted by Gasteiger charge is -2.21. The molecule has 3 nitrogen and oxygen atoms in total. The van der Waals surface area contributed by atoms with Crippen LogP contribution >= 0.6 is 11.6 Å². The van der Waals surface area contributed by atoms with E-state index in [1.54, 1.807) is 6.07 Å². The molecule has 0 aliphatic heterocycles. The van der Waals surface area contributed by atoms with Crippen LogP contribution in [0.15, 0.2) is 18.2 Å². The fraction of sp³-hybridized carbons (Fsp3) is 0.500. The van der Waals surface area contributed by atoms with Crippen LogP contribution in [0.1, 0.15) is 18.8 Å². The van der Waals surface area contributed by atoms with Crippen molar-refractivity contribution in [3.63, 3.8) is 0 Å². The molecule has 1 aromatic carbocycles. The van der Waals surface area contributed by atoms with E-state index in [0.717, 1.165) is 17.9 Å². The summed E-state index contributed by atoms with van der Waals surface area (Å²) in [6.45, 7) is 2.99. The van der Waals surface area contributed by atoms with Crippen LogP contribution in [-0.4, -0.2) is 41.0 Å². The zero-order chi connectivity index (χ0) is 14.0. The molecule has 104 valence electrons. The van der Waals surface area contributed by atoms with Crippen LogP contribution in [-0.2, 0) is 6.42 Å². The van der Waals surface area contributed by atoms with Crippen molar-refractivity contribution in [2.45, 2.75) is 19.4 Å². The van der Waals surface area contributed by atoms with Crippen LogP contribution < -0.4 is 0 Å². The van der Waals surface area contributed by atoms with Gasteiger partial charge in [-0.2, -0.15) is 0 Å². The van der Waals surface area contributed by atoms with E-state index in [4.69, 9.17) is 11.6 Å². The fourth-order valence-electron chi connectivity index (χ4n) is 2.49. The van der Waals surface area contributed by atoms with Crippen LogP contribution in [0.25, 0.3) is 11.0 Å². The van der Waals surface area contributed by atoms with Gasteiger partial charge in [-0.1, -0.05) is 6.07 Å². The van der Waals surface area contributed by atoms with Crippen LogP contribution in [0.2, 0.25) is 0 Å². The quantitative estimate of drug-likeness (QED) is 0.787. The molecule has 1 aromatic heterocycles. The Morgan fingerprint density at radius 2 is 2.16 bits per heavy atom. The molecule has 0 aliphatic rings. The van der Waals surface area contributed by atoms with Crippen molar-refractivity contribution >= 4 is 22.6 Å². The Balaban J connectivity index is 2.55. The minimum absolute atomic E-state index is 0.222. The SMILES string of the molecule is CC(CN(C)C)n1c(CCCl)nc2c(F)cccc21. The van der Waals surface area contributed by atoms with Gasteiger partial charge in [-0.05, 0) is 33.2 Å². The van der Waals surface area contributed by atoms with E-state index >= 15 is 0 Å². The van der Waals surface area contributed by atoms with Gasteiger partial charge in [0.05, 0.1) is 5.52 Å². The highest BCUT2D eigenvalue weighted by atomic mass is 35.5. The molecule has 0 N–H and O–H groups in total. The molecule has 19 heavy (non-hydrogen) atoms. The smallest absolute Gasteiger partial charge is 0.151 e. The lowest BCUT2D eigenvalue weighted by molar-refractivity contribution is 0.337. The third-order valence-corrected chi connectivity index (χ3v) is 3.32. The first-order chi connectivity index (χ1) is 9.04. The number of nitrogens with zero attached hydrogens (tertiary/aromatic N) is 3. The summed E-state index contributed by atoms with van der Waals surface area (Å²) in [7, 11) is 4.05. The Morgan fingerprint density at radius 1 is 1.42 bits per heavy atom. The van der Waals surface area contributed by atoms with E-state index in [-0.39, 0.29) is 11.9 Å². The summed E-state index contributed by atoms with van der Waals surface area (Å²) in [4.78, 5) is 6.53. The monoisotopic (exact) mass is 283 g/mol. The molecular weight excluding hydrogens is 265 g/mol. The molecular formula is C14H19ClFN3. The number of likely N-dealkylation sites (N-methyl/N-ethyl adjacent to an activating group) is 1. The maximum atomic E-state index is 13.8. The second kappa shape index (κ2) is 5.88. The summed E-state index contributed by atoms with van der Waals surface area (Å²) in [5.41, 5.74) is 1.28. The Kier molecular flexibility index (Phi) is 4.42. The number of aryl methyl sites for hydroxylation is 1. The topological polar surface area (TPSA) is 21.1 Å². The maximum Gasteiger partial charge on any atom is 0.151 e. The molecule has 0 saturated heterocycles. The van der Waals surface area contributed by atoms with Gasteiger partial charge in [-0.25, -0.2) is 9.37 Å². The number of fused-ring (bicyclic) bond motifs is 1. The molecule has 0 aliphatic carbocycles. The highest BCUT2D eigenvalue weighted by molar-refractivity contribution is 6.17. The molecule has 0 saturated carbocycles. The summed E-state index contributed by atoms with van der Waals surface area (Å²) >= 11 is 5.83. The minimum atomic E-state index is -0.274. The van der Waals surface area contributed by atoms with Gasteiger partial charge in [0.2, 0.25) is 0 Å². The molecule has 1 unspecified atom stereocenters. The Labute approximate surface area is 118 Å². The van der Waals surface area contributed by atoms with Crippen molar-refractivity contribution < 1.29 is 4.39 Å². The first kappa shape index (κ1) is 14.3. The van der Waals surface area contributed by atoms with Crippen molar-refractivity contribution in [1.82, 2.24) is 14.5 Å². The molecule has 1 heterocycles. The molecule has 0 radical (unpaired) electrons. The van der Waals surface area contributed by atoms with Crippen LogP contribution in [0.5, 0.6) is 0 Å². The number of hydrogen-bond acceptors (Lipinski definition) is 2. The van der Waals surface area contributed by atoms with Crippen LogP contribution in [0.4, 0.5) is 4.39 Å². The molecule has 2 aromatic rings. The number of rotatable bonds is 5. The second-order valence-electron chi connectivity index (χ2n) is 5.06. The van der Waals surface area contributed by atoms with Gasteiger partial charge in [0.25, 0.3) is 0 Å². The van der Waals surface area contributed by atoms with E-state index in [9.17, 15) is 4.39 Å². The van der Waals surface area contributed by atoms with Gasteiger partial charge < -0.3 is 9.47 Å². The first-order valence-corrected chi connectivity index (χ1v) is 6.94. The maximum absolute atomic E-state index is 13.8. The summed E-state index contributed by atoms with van der Waals surface area (Å²) < 4.78 is 15.9. The third-order valence-electron chi connectivity index (χ3n) is 3.13. The van der Waals surface area contributed by atoms with Gasteiger partial charge in [0.1, 0.15) is 11.3 Å². The van der Waals surface area contributed by atoms with Crippen molar-refractivity contribution in [3.8, 4) is 0 Å². The van der Waals surface area contributed by atoms with Crippen molar-refractivity contribution in [2.75, 3.05) is 26.5 Å². The van der Waals surface area contributed by atoms with Gasteiger partial charge in [-0.3, -0.25) is 0 Å². The summed E-state index contributed by atoms with van der Waals surface area (Å²) in [6, 6.07) is 5.30. The lowest BCUT2D eigenvalue weighted by atomic mass is 10.2. The van der Waals surface area contributed by atoms with Gasteiger partial charge in [0, 0.05) is 24.9 Å². The summed E-state index contributed by atoms with van der Waals surface area (Å²) in [5, 5.41) is 0. The summed E-state index contributed by atoms with van der Waals surface area (Å²) in [6.07, 6.45) is 0.646. The highest BCUT2D eigenvalue weighted by Crippen LogP contribution is 2.24. The standard InChI is InChI=1S/C14H19ClFN3/c1-10(9-18(2)3)19-12-6-4-5-11(16)14(12)17-13(19)7-8-15/h4-6,10H,7-9H2,1-3H3. The number of benzene rings is 1. The molecule has 0 bridgehead atoms. The largest absolute Gasteiger partial charge is 0.324 e. The molecule has 1 atom stereocenters. The number of alkyl halides is 1. The predicted molar refractivity (Wildman–Crippen MR) is 77.4 cm³/mol. The zero-order valence-corrected chi connectivity index (χ0v) is 12.3. The Bertz CT molecular complexity index is 565. The molecule has 0 fully saturated rings. The molecule has 5 heteroatoms. The minimum Gasteiger partial charge on any atom is -0.324 e. The zero-order valence-electron chi connectivity index (χ0n) is 11.5. The highest BCUT2D eigenvalue weighted by Gasteiger charge is 2.17. The van der Waals surface area contributed by atoms with Crippen LogP contribution in [0, 0.1) is 5.82 Å². The third kappa shape index (κ3) is 2.90. The van der Waals surface area contributed by atoms with Crippen molar-refractivity contribution in [2.24, 2.45) is 0 Å². The average molecular weight is 284 g/mol. The molecule has 0 spiro atoms. The first-order valence-electron chi connectivity index (χ1n) is 6.40. The molecule has 0 amide bonds. The summed E-state index contributed by atoms with van der Waals surface area (Å²) in [5.74, 6) is 1.06. The van der Waals surface area contributed by atoms with E-state index in [1.165, 1.54) is 6.07 Å². The normalized spacial score (nSPS) is 13.4. The Morgan fingerprint density at radius 3 is 2.79 bits per heavy atom. The number of hydrogen-bond donors (Lipinski definition) is 0. The second-order valence-corrected chi connectivity index (χ2v) is 5.43. The van der Waals surface area contributed by atoms with E-state index in [0.29, 0.717) is 17.8 Å². The van der Waals surface area contributed by atoms with Gasteiger partial charge in [-0.15, -0.1) is 11.6 Å². The van der Waals surface area contributed by atoms with Gasteiger partial charge >= 0.3 is 0 Å². The van der Waals surface area contributed by atoms with Crippen LogP contribution in [0.3, 0.4) is 0 Å². The van der Waals surface area contributed by atoms with E-state index in [1.807, 2.05) is 20.2 Å². The number of imidazole rings is 1. The molecule has 2 rings (SSSR count).